The number of ether oxygens (including phenoxy) is 1. The average molecular weight is 411 g/mol. The molecular formula is C26H34O2S. The molecule has 1 aromatic carbocycles. The van der Waals surface area contributed by atoms with Gasteiger partial charge in [0.1, 0.15) is 5.75 Å². The number of aliphatic hydroxyl groups is 1. The van der Waals surface area contributed by atoms with Crippen molar-refractivity contribution in [3.8, 4) is 28.7 Å². The molecule has 1 unspecified atom stereocenters. The Morgan fingerprint density at radius 1 is 1.14 bits per heavy atom. The highest BCUT2D eigenvalue weighted by atomic mass is 32.1. The van der Waals surface area contributed by atoms with E-state index in [4.69, 9.17) is 4.74 Å². The molecule has 0 saturated carbocycles. The maximum Gasteiger partial charge on any atom is 0.119 e. The minimum Gasteiger partial charge on any atom is -0.494 e. The van der Waals surface area contributed by atoms with Gasteiger partial charge < -0.3 is 9.84 Å². The zero-order chi connectivity index (χ0) is 21.0. The third-order valence-corrected chi connectivity index (χ3v) is 5.27. The average Bonchev–Trinajstić information content (AvgIpc) is 3.23. The largest absolute Gasteiger partial charge is 0.494 e. The van der Waals surface area contributed by atoms with Gasteiger partial charge in [-0.25, -0.2) is 0 Å². The Kier molecular flexibility index (Phi) is 10.0. The summed E-state index contributed by atoms with van der Waals surface area (Å²) in [5.41, 5.74) is 2.48. The second-order valence-corrected chi connectivity index (χ2v) is 9.22. The summed E-state index contributed by atoms with van der Waals surface area (Å²) in [6.07, 6.45) is 9.21. The topological polar surface area (TPSA) is 29.5 Å². The van der Waals surface area contributed by atoms with Gasteiger partial charge >= 0.3 is 0 Å². The number of hydrogen-bond acceptors (Lipinski definition) is 3. The third kappa shape index (κ3) is 9.83. The molecule has 29 heavy (non-hydrogen) atoms. The first-order valence-corrected chi connectivity index (χ1v) is 11.5. The number of unbranched alkanes of at least 4 members (excludes halogenated alkanes) is 2. The summed E-state index contributed by atoms with van der Waals surface area (Å²) >= 11 is 1.71. The molecule has 1 heterocycles. The Hall–Kier alpha value is -2.02. The van der Waals surface area contributed by atoms with Crippen molar-refractivity contribution < 1.29 is 9.84 Å². The lowest BCUT2D eigenvalue weighted by atomic mass is 9.97. The van der Waals surface area contributed by atoms with Gasteiger partial charge in [0.05, 0.1) is 6.61 Å². The molecule has 2 nitrogen and oxygen atoms in total. The summed E-state index contributed by atoms with van der Waals surface area (Å²) in [7, 11) is 0. The number of thiophene rings is 1. The van der Waals surface area contributed by atoms with E-state index in [1.54, 1.807) is 11.3 Å². The second-order valence-electron chi connectivity index (χ2n) is 8.44. The fraction of sp³-hybridized carbons (Fsp3) is 0.462. The van der Waals surface area contributed by atoms with E-state index in [9.17, 15) is 5.11 Å². The van der Waals surface area contributed by atoms with Gasteiger partial charge in [-0.05, 0) is 92.1 Å². The highest BCUT2D eigenvalue weighted by Crippen LogP contribution is 2.26. The highest BCUT2D eigenvalue weighted by molar-refractivity contribution is 7.08. The Balaban J connectivity index is 1.62. The molecule has 1 aromatic heterocycles. The molecule has 2 aromatic rings. The number of aliphatic hydroxyl groups excluding tert-OH is 1. The van der Waals surface area contributed by atoms with Crippen LogP contribution in [0.5, 0.6) is 5.75 Å². The lowest BCUT2D eigenvalue weighted by molar-refractivity contribution is 0.215. The summed E-state index contributed by atoms with van der Waals surface area (Å²) in [6, 6.07) is 10.4. The third-order valence-electron chi connectivity index (χ3n) is 4.59. The van der Waals surface area contributed by atoms with E-state index < -0.39 is 0 Å². The predicted molar refractivity (Wildman–Crippen MR) is 125 cm³/mol. The van der Waals surface area contributed by atoms with Crippen molar-refractivity contribution in [2.45, 2.75) is 52.9 Å². The van der Waals surface area contributed by atoms with Crippen molar-refractivity contribution >= 4 is 11.3 Å². The SMILES string of the molecule is CC(C)(C)C#CC=CCC(CO)CCCCCOc1cccc(-c2ccsc2)c1. The van der Waals surface area contributed by atoms with Crippen molar-refractivity contribution in [2.24, 2.45) is 11.3 Å². The van der Waals surface area contributed by atoms with Crippen molar-refractivity contribution in [1.29, 1.82) is 0 Å². The van der Waals surface area contributed by atoms with Crippen LogP contribution >= 0.6 is 11.3 Å². The van der Waals surface area contributed by atoms with Crippen molar-refractivity contribution in [1.82, 2.24) is 0 Å². The summed E-state index contributed by atoms with van der Waals surface area (Å²) in [5, 5.41) is 13.8. The minimum absolute atomic E-state index is 0.0357. The van der Waals surface area contributed by atoms with Crippen LogP contribution in [0.25, 0.3) is 11.1 Å². The molecule has 3 heteroatoms. The van der Waals surface area contributed by atoms with Crippen molar-refractivity contribution in [3.63, 3.8) is 0 Å². The van der Waals surface area contributed by atoms with Gasteiger partial charge in [-0.3, -0.25) is 0 Å². The molecule has 1 N–H and O–H groups in total. The lowest BCUT2D eigenvalue weighted by Gasteiger charge is -2.12. The monoisotopic (exact) mass is 410 g/mol. The van der Waals surface area contributed by atoms with Crippen LogP contribution in [-0.4, -0.2) is 18.3 Å². The van der Waals surface area contributed by atoms with Crippen molar-refractivity contribution in [2.75, 3.05) is 13.2 Å². The smallest absolute Gasteiger partial charge is 0.119 e. The first-order chi connectivity index (χ1) is 14.0. The van der Waals surface area contributed by atoms with Gasteiger partial charge in [0.25, 0.3) is 0 Å². The Morgan fingerprint density at radius 3 is 2.72 bits per heavy atom. The van der Waals surface area contributed by atoms with E-state index in [1.807, 2.05) is 18.2 Å². The molecule has 156 valence electrons. The number of allylic oxidation sites excluding steroid dienone is 2. The molecule has 0 aliphatic heterocycles. The maximum atomic E-state index is 9.57. The molecule has 0 radical (unpaired) electrons. The minimum atomic E-state index is 0.0357. The van der Waals surface area contributed by atoms with E-state index in [2.05, 4.69) is 67.6 Å². The predicted octanol–water partition coefficient (Wildman–Crippen LogP) is 6.96. The van der Waals surface area contributed by atoms with Gasteiger partial charge in [-0.2, -0.15) is 11.3 Å². The summed E-state index contributed by atoms with van der Waals surface area (Å²) < 4.78 is 5.92. The van der Waals surface area contributed by atoms with E-state index in [0.29, 0.717) is 5.92 Å². The second kappa shape index (κ2) is 12.5. The van der Waals surface area contributed by atoms with E-state index >= 15 is 0 Å². The first kappa shape index (κ1) is 23.3. The normalized spacial score (nSPS) is 12.6. The van der Waals surface area contributed by atoms with Gasteiger partial charge in [0.15, 0.2) is 0 Å². The van der Waals surface area contributed by atoms with Crippen molar-refractivity contribution in [3.05, 3.63) is 53.2 Å². The lowest BCUT2D eigenvalue weighted by Crippen LogP contribution is -2.05. The Bertz CT molecular complexity index is 788. The Morgan fingerprint density at radius 2 is 2.00 bits per heavy atom. The van der Waals surface area contributed by atoms with E-state index in [-0.39, 0.29) is 12.0 Å². The zero-order valence-electron chi connectivity index (χ0n) is 18.0. The van der Waals surface area contributed by atoms with E-state index in [0.717, 1.165) is 44.5 Å². The maximum absolute atomic E-state index is 9.57. The Labute approximate surface area is 180 Å². The summed E-state index contributed by atoms with van der Waals surface area (Å²) in [5.74, 6) is 7.54. The number of hydrogen-bond donors (Lipinski definition) is 1. The molecule has 0 bridgehead atoms. The highest BCUT2D eigenvalue weighted by Gasteiger charge is 2.06. The molecular weight excluding hydrogens is 376 g/mol. The molecule has 0 aliphatic carbocycles. The van der Waals surface area contributed by atoms with E-state index in [1.165, 1.54) is 11.1 Å². The molecule has 0 amide bonds. The van der Waals surface area contributed by atoms with Gasteiger partial charge in [0.2, 0.25) is 0 Å². The first-order valence-electron chi connectivity index (χ1n) is 10.5. The van der Waals surface area contributed by atoms with Crippen LogP contribution in [0.2, 0.25) is 0 Å². The summed E-state index contributed by atoms with van der Waals surface area (Å²) in [6.45, 7) is 7.29. The van der Waals surface area contributed by atoms with Crippen LogP contribution < -0.4 is 4.74 Å². The molecule has 0 saturated heterocycles. The number of rotatable bonds is 11. The van der Waals surface area contributed by atoms with Crippen LogP contribution in [0.15, 0.2) is 53.2 Å². The molecule has 1 atom stereocenters. The van der Waals surface area contributed by atoms with Gasteiger partial charge in [-0.1, -0.05) is 42.9 Å². The number of benzene rings is 1. The standard InChI is InChI=1S/C26H34O2S/c1-26(2,3)16-8-4-6-11-22(20-27)12-7-5-9-17-28-25-14-10-13-23(19-25)24-15-18-29-21-24/h4,6,10,13-15,18-19,21-22,27H,5,7,9,11-12,17,20H2,1-3H3. The fourth-order valence-electron chi connectivity index (χ4n) is 2.96. The van der Waals surface area contributed by atoms with Crippen LogP contribution in [0.1, 0.15) is 52.9 Å². The van der Waals surface area contributed by atoms with Crippen LogP contribution in [0.4, 0.5) is 0 Å². The van der Waals surface area contributed by atoms with Crippen LogP contribution in [0.3, 0.4) is 0 Å². The molecule has 0 spiro atoms. The zero-order valence-corrected chi connectivity index (χ0v) is 18.8. The van der Waals surface area contributed by atoms with Gasteiger partial charge in [0, 0.05) is 12.0 Å². The van der Waals surface area contributed by atoms with Crippen LogP contribution in [-0.2, 0) is 0 Å². The molecule has 2 rings (SSSR count). The van der Waals surface area contributed by atoms with Crippen LogP contribution in [0, 0.1) is 23.2 Å². The summed E-state index contributed by atoms with van der Waals surface area (Å²) in [4.78, 5) is 0. The quantitative estimate of drug-likeness (QED) is 0.320. The molecule has 0 aliphatic rings. The molecule has 0 fully saturated rings. The fourth-order valence-corrected chi connectivity index (χ4v) is 3.62. The van der Waals surface area contributed by atoms with Gasteiger partial charge in [-0.15, -0.1) is 0 Å².